The molecule has 1 aliphatic rings. The number of nitrogens with two attached hydrogens (primary N) is 1. The molecule has 6 nitrogen and oxygen atoms in total. The molecule has 3 N–H and O–H groups in total. The minimum atomic E-state index is 0.0320. The summed E-state index contributed by atoms with van der Waals surface area (Å²) < 4.78 is 0. The lowest BCUT2D eigenvalue weighted by Crippen LogP contribution is -2.54. The highest BCUT2D eigenvalue weighted by molar-refractivity contribution is 5.85. The molecule has 6 heteroatoms. The van der Waals surface area contributed by atoms with Gasteiger partial charge in [-0.1, -0.05) is 12.1 Å². The van der Waals surface area contributed by atoms with Crippen molar-refractivity contribution < 1.29 is 5.21 Å². The van der Waals surface area contributed by atoms with Gasteiger partial charge in [-0.05, 0) is 18.6 Å². The van der Waals surface area contributed by atoms with Crippen molar-refractivity contribution in [3.63, 3.8) is 0 Å². The maximum absolute atomic E-state index is 8.82. The van der Waals surface area contributed by atoms with Crippen molar-refractivity contribution in [3.8, 4) is 0 Å². The van der Waals surface area contributed by atoms with Gasteiger partial charge in [-0.15, -0.1) is 0 Å². The topological polar surface area (TPSA) is 78.0 Å². The third kappa shape index (κ3) is 3.14. The molecule has 0 bridgehead atoms. The Morgan fingerprint density at radius 1 is 1.37 bits per heavy atom. The zero-order valence-electron chi connectivity index (χ0n) is 11.2. The molecule has 0 aromatic carbocycles. The molecule has 1 aliphatic heterocycles. The first-order valence-corrected chi connectivity index (χ1v) is 6.62. The fourth-order valence-corrected chi connectivity index (χ4v) is 2.57. The van der Waals surface area contributed by atoms with Crippen molar-refractivity contribution in [3.05, 3.63) is 24.5 Å². The number of hydrogen-bond donors (Lipinski definition) is 2. The van der Waals surface area contributed by atoms with Crippen molar-refractivity contribution >= 4 is 11.5 Å². The SMILES string of the molecule is CCC(C(N)=NO)N1CCN(c2ccncc2)CC1. The highest BCUT2D eigenvalue weighted by Gasteiger charge is 2.25. The maximum Gasteiger partial charge on any atom is 0.156 e. The lowest BCUT2D eigenvalue weighted by Gasteiger charge is -2.39. The predicted octanol–water partition coefficient (Wildman–Crippen LogP) is 0.729. The van der Waals surface area contributed by atoms with Gasteiger partial charge in [-0.2, -0.15) is 0 Å². The number of nitrogens with zero attached hydrogens (tertiary/aromatic N) is 4. The third-order valence-corrected chi connectivity index (χ3v) is 3.63. The Morgan fingerprint density at radius 2 is 2.00 bits per heavy atom. The predicted molar refractivity (Wildman–Crippen MR) is 75.5 cm³/mol. The van der Waals surface area contributed by atoms with E-state index in [2.05, 4.69) is 26.9 Å². The Kier molecular flexibility index (Phi) is 4.57. The molecule has 2 heterocycles. The van der Waals surface area contributed by atoms with Gasteiger partial charge in [0.25, 0.3) is 0 Å². The lowest BCUT2D eigenvalue weighted by atomic mass is 10.1. The van der Waals surface area contributed by atoms with Crippen LogP contribution < -0.4 is 10.6 Å². The monoisotopic (exact) mass is 263 g/mol. The zero-order chi connectivity index (χ0) is 13.7. The Balaban J connectivity index is 1.95. The molecular weight excluding hydrogens is 242 g/mol. The van der Waals surface area contributed by atoms with E-state index in [1.54, 1.807) is 0 Å². The van der Waals surface area contributed by atoms with E-state index in [-0.39, 0.29) is 6.04 Å². The average molecular weight is 263 g/mol. The number of hydrogen-bond acceptors (Lipinski definition) is 5. The second kappa shape index (κ2) is 6.38. The van der Waals surface area contributed by atoms with Crippen LogP contribution in [0.25, 0.3) is 0 Å². The first-order chi connectivity index (χ1) is 9.26. The molecule has 1 aromatic rings. The van der Waals surface area contributed by atoms with Gasteiger partial charge in [0, 0.05) is 44.3 Å². The average Bonchev–Trinajstić information content (AvgIpc) is 2.49. The van der Waals surface area contributed by atoms with Crippen LogP contribution in [0.3, 0.4) is 0 Å². The van der Waals surface area contributed by atoms with Gasteiger partial charge in [0.1, 0.15) is 0 Å². The van der Waals surface area contributed by atoms with Gasteiger partial charge in [0.2, 0.25) is 0 Å². The smallest absolute Gasteiger partial charge is 0.156 e. The second-order valence-electron chi connectivity index (χ2n) is 4.68. The first-order valence-electron chi connectivity index (χ1n) is 6.62. The fraction of sp³-hybridized carbons (Fsp3) is 0.538. The first kappa shape index (κ1) is 13.6. The largest absolute Gasteiger partial charge is 0.409 e. The summed E-state index contributed by atoms with van der Waals surface area (Å²) in [6.07, 6.45) is 4.48. The van der Waals surface area contributed by atoms with Gasteiger partial charge in [-0.3, -0.25) is 9.88 Å². The van der Waals surface area contributed by atoms with Gasteiger partial charge < -0.3 is 15.8 Å². The van der Waals surface area contributed by atoms with Crippen molar-refractivity contribution in [2.75, 3.05) is 31.1 Å². The van der Waals surface area contributed by atoms with Crippen LogP contribution in [0.2, 0.25) is 0 Å². The Hall–Kier alpha value is -1.82. The Labute approximate surface area is 113 Å². The van der Waals surface area contributed by atoms with Crippen molar-refractivity contribution in [1.29, 1.82) is 0 Å². The molecular formula is C13H21N5O. The molecule has 0 radical (unpaired) electrons. The number of rotatable bonds is 4. The van der Waals surface area contributed by atoms with Crippen LogP contribution in [-0.4, -0.2) is 53.1 Å². The van der Waals surface area contributed by atoms with E-state index in [0.717, 1.165) is 32.6 Å². The van der Waals surface area contributed by atoms with E-state index in [9.17, 15) is 0 Å². The molecule has 1 atom stereocenters. The van der Waals surface area contributed by atoms with Crippen LogP contribution in [0.1, 0.15) is 13.3 Å². The van der Waals surface area contributed by atoms with Gasteiger partial charge in [-0.25, -0.2) is 0 Å². The summed E-state index contributed by atoms with van der Waals surface area (Å²) in [5.41, 5.74) is 6.94. The molecule has 0 spiro atoms. The van der Waals surface area contributed by atoms with E-state index < -0.39 is 0 Å². The number of anilines is 1. The summed E-state index contributed by atoms with van der Waals surface area (Å²) >= 11 is 0. The normalized spacial score (nSPS) is 19.4. The molecule has 0 saturated carbocycles. The number of amidine groups is 1. The summed E-state index contributed by atoms with van der Waals surface area (Å²) in [7, 11) is 0. The third-order valence-electron chi connectivity index (χ3n) is 3.63. The Morgan fingerprint density at radius 3 is 2.53 bits per heavy atom. The Bertz CT molecular complexity index is 414. The van der Waals surface area contributed by atoms with E-state index in [0.29, 0.717) is 5.84 Å². The second-order valence-corrected chi connectivity index (χ2v) is 4.68. The minimum Gasteiger partial charge on any atom is -0.409 e. The summed E-state index contributed by atoms with van der Waals surface area (Å²) in [5.74, 6) is 0.305. The van der Waals surface area contributed by atoms with Crippen molar-refractivity contribution in [2.24, 2.45) is 10.9 Å². The number of aromatic nitrogens is 1. The lowest BCUT2D eigenvalue weighted by molar-refractivity contribution is 0.216. The van der Waals surface area contributed by atoms with E-state index in [4.69, 9.17) is 10.9 Å². The molecule has 104 valence electrons. The molecule has 1 unspecified atom stereocenters. The quantitative estimate of drug-likeness (QED) is 0.362. The van der Waals surface area contributed by atoms with E-state index in [1.807, 2.05) is 24.5 Å². The van der Waals surface area contributed by atoms with Gasteiger partial charge in [0.15, 0.2) is 5.84 Å². The minimum absolute atomic E-state index is 0.0320. The summed E-state index contributed by atoms with van der Waals surface area (Å²) in [6.45, 7) is 5.77. The summed E-state index contributed by atoms with van der Waals surface area (Å²) in [6, 6.07) is 4.08. The van der Waals surface area contributed by atoms with Crippen LogP contribution in [0, 0.1) is 0 Å². The molecule has 1 saturated heterocycles. The van der Waals surface area contributed by atoms with Crippen LogP contribution >= 0.6 is 0 Å². The number of oxime groups is 1. The zero-order valence-corrected chi connectivity index (χ0v) is 11.2. The van der Waals surface area contributed by atoms with Gasteiger partial charge in [0.05, 0.1) is 6.04 Å². The molecule has 19 heavy (non-hydrogen) atoms. The summed E-state index contributed by atoms with van der Waals surface area (Å²) in [5, 5.41) is 12.0. The standard InChI is InChI=1S/C13H21N5O/c1-2-12(13(14)16-19)18-9-7-17(8-10-18)11-3-5-15-6-4-11/h3-6,12,19H,2,7-10H2,1H3,(H2,14,16). The highest BCUT2D eigenvalue weighted by atomic mass is 16.4. The van der Waals surface area contributed by atoms with Crippen LogP contribution in [0.4, 0.5) is 5.69 Å². The summed E-state index contributed by atoms with van der Waals surface area (Å²) in [4.78, 5) is 8.63. The fourth-order valence-electron chi connectivity index (χ4n) is 2.57. The van der Waals surface area contributed by atoms with Gasteiger partial charge >= 0.3 is 0 Å². The number of pyridine rings is 1. The maximum atomic E-state index is 8.82. The van der Waals surface area contributed by atoms with Crippen molar-refractivity contribution in [2.45, 2.75) is 19.4 Å². The van der Waals surface area contributed by atoms with Crippen molar-refractivity contribution in [1.82, 2.24) is 9.88 Å². The van der Waals surface area contributed by atoms with Crippen LogP contribution in [-0.2, 0) is 0 Å². The van der Waals surface area contributed by atoms with E-state index in [1.165, 1.54) is 5.69 Å². The molecule has 2 rings (SSSR count). The molecule has 1 aromatic heterocycles. The van der Waals surface area contributed by atoms with E-state index >= 15 is 0 Å². The highest BCUT2D eigenvalue weighted by Crippen LogP contribution is 2.16. The number of piperazine rings is 1. The van der Waals surface area contributed by atoms with Crippen LogP contribution in [0.5, 0.6) is 0 Å². The molecule has 0 amide bonds. The van der Waals surface area contributed by atoms with Crippen LogP contribution in [0.15, 0.2) is 29.7 Å². The molecule has 1 fully saturated rings. The molecule has 0 aliphatic carbocycles.